The smallest absolute Gasteiger partial charge is 0.226 e. The van der Waals surface area contributed by atoms with Crippen LogP contribution in [0.15, 0.2) is 24.4 Å². The second-order valence-corrected chi connectivity index (χ2v) is 8.74. The molecule has 1 unspecified atom stereocenters. The number of amides is 1. The molecule has 1 aromatic heterocycles. The van der Waals surface area contributed by atoms with E-state index in [0.717, 1.165) is 70.4 Å². The number of rotatable bonds is 3. The predicted octanol–water partition coefficient (Wildman–Crippen LogP) is 2.38. The third-order valence-corrected chi connectivity index (χ3v) is 7.44. The van der Waals surface area contributed by atoms with Crippen LogP contribution in [0.1, 0.15) is 38.5 Å². The third kappa shape index (κ3) is 2.90. The molecule has 5 heteroatoms. The van der Waals surface area contributed by atoms with Gasteiger partial charge in [0.1, 0.15) is 5.82 Å². The highest BCUT2D eigenvalue weighted by molar-refractivity contribution is 5.83. The van der Waals surface area contributed by atoms with Crippen LogP contribution in [-0.2, 0) is 4.79 Å². The summed E-state index contributed by atoms with van der Waals surface area (Å²) in [6.07, 6.45) is 9.39. The molecule has 0 bridgehead atoms. The van der Waals surface area contributed by atoms with Crippen LogP contribution in [0, 0.1) is 11.3 Å². The molecule has 1 amide bonds. The Morgan fingerprint density at radius 2 is 1.81 bits per heavy atom. The summed E-state index contributed by atoms with van der Waals surface area (Å²) < 4.78 is 0. The lowest BCUT2D eigenvalue weighted by Gasteiger charge is -2.43. The molecule has 0 radical (unpaired) electrons. The maximum atomic E-state index is 13.0. The molecule has 5 rings (SSSR count). The van der Waals surface area contributed by atoms with Crippen LogP contribution >= 0.6 is 0 Å². The van der Waals surface area contributed by atoms with Crippen molar-refractivity contribution in [3.05, 3.63) is 24.4 Å². The van der Waals surface area contributed by atoms with Gasteiger partial charge < -0.3 is 9.80 Å². The Hall–Kier alpha value is -1.62. The van der Waals surface area contributed by atoms with Crippen molar-refractivity contribution in [2.75, 3.05) is 44.2 Å². The molecule has 1 atom stereocenters. The molecule has 4 aliphatic rings. The van der Waals surface area contributed by atoms with E-state index in [1.54, 1.807) is 0 Å². The molecule has 5 nitrogen and oxygen atoms in total. The predicted molar refractivity (Wildman–Crippen MR) is 102 cm³/mol. The zero-order valence-electron chi connectivity index (χ0n) is 15.6. The van der Waals surface area contributed by atoms with Gasteiger partial charge in [0.05, 0.1) is 0 Å². The zero-order valence-corrected chi connectivity index (χ0v) is 15.6. The van der Waals surface area contributed by atoms with Crippen molar-refractivity contribution in [3.8, 4) is 0 Å². The minimum atomic E-state index is 0.295. The lowest BCUT2D eigenvalue weighted by Crippen LogP contribution is -2.54. The van der Waals surface area contributed by atoms with Crippen LogP contribution in [0.3, 0.4) is 0 Å². The topological polar surface area (TPSA) is 39.7 Å². The van der Waals surface area contributed by atoms with E-state index in [1.807, 2.05) is 12.3 Å². The number of anilines is 1. The lowest BCUT2D eigenvalue weighted by molar-refractivity contribution is -0.136. The summed E-state index contributed by atoms with van der Waals surface area (Å²) in [7, 11) is 0. The Kier molecular flexibility index (Phi) is 4.15. The molecule has 2 saturated carbocycles. The summed E-state index contributed by atoms with van der Waals surface area (Å²) in [5.41, 5.74) is 0.299. The van der Waals surface area contributed by atoms with E-state index in [-0.39, 0.29) is 0 Å². The second kappa shape index (κ2) is 6.52. The van der Waals surface area contributed by atoms with Crippen molar-refractivity contribution in [1.29, 1.82) is 0 Å². The Bertz CT molecular complexity index is 643. The monoisotopic (exact) mass is 354 g/mol. The summed E-state index contributed by atoms with van der Waals surface area (Å²) in [6, 6.07) is 6.93. The van der Waals surface area contributed by atoms with E-state index >= 15 is 0 Å². The van der Waals surface area contributed by atoms with Crippen LogP contribution in [0.25, 0.3) is 0 Å². The van der Waals surface area contributed by atoms with E-state index in [4.69, 9.17) is 0 Å². The molecule has 26 heavy (non-hydrogen) atoms. The largest absolute Gasteiger partial charge is 0.357 e. The van der Waals surface area contributed by atoms with Crippen molar-refractivity contribution in [1.82, 2.24) is 14.8 Å². The van der Waals surface area contributed by atoms with Crippen molar-refractivity contribution in [3.63, 3.8) is 0 Å². The van der Waals surface area contributed by atoms with Crippen molar-refractivity contribution in [2.45, 2.75) is 44.6 Å². The lowest BCUT2D eigenvalue weighted by atomic mass is 9.90. The number of hydrogen-bond donors (Lipinski definition) is 0. The number of carbonyl (C=O) groups is 1. The van der Waals surface area contributed by atoms with Gasteiger partial charge >= 0.3 is 0 Å². The van der Waals surface area contributed by atoms with Crippen molar-refractivity contribution >= 4 is 11.7 Å². The Labute approximate surface area is 156 Å². The first-order valence-electron chi connectivity index (χ1n) is 10.4. The first kappa shape index (κ1) is 16.5. The van der Waals surface area contributed by atoms with Gasteiger partial charge in [-0.15, -0.1) is 0 Å². The van der Waals surface area contributed by atoms with E-state index in [2.05, 4.69) is 31.8 Å². The average Bonchev–Trinajstić information content (AvgIpc) is 3.35. The number of aromatic nitrogens is 1. The summed E-state index contributed by atoms with van der Waals surface area (Å²) in [6.45, 7) is 6.14. The van der Waals surface area contributed by atoms with E-state index in [9.17, 15) is 4.79 Å². The fourth-order valence-electron chi connectivity index (χ4n) is 5.25. The molecular weight excluding hydrogens is 324 g/mol. The number of carbonyl (C=O) groups excluding carboxylic acids is 1. The summed E-state index contributed by atoms with van der Waals surface area (Å²) in [5, 5.41) is 0. The first-order chi connectivity index (χ1) is 12.8. The fourth-order valence-corrected chi connectivity index (χ4v) is 5.25. The van der Waals surface area contributed by atoms with Gasteiger partial charge in [0.15, 0.2) is 0 Å². The molecule has 140 valence electrons. The quantitative estimate of drug-likeness (QED) is 0.836. The standard InChI is InChI=1S/C21H30N4O/c26-20(25-14-12-23(13-15-25)17-4-3-5-17)18-16-21(18)7-10-24(11-8-21)19-6-1-2-9-22-19/h1-2,6,9,17-18H,3-5,7-8,10-16H2. The molecule has 2 aliphatic carbocycles. The molecule has 3 heterocycles. The van der Waals surface area contributed by atoms with Gasteiger partial charge in [-0.25, -0.2) is 4.98 Å². The second-order valence-electron chi connectivity index (χ2n) is 8.74. The molecule has 1 aromatic rings. The number of piperidine rings is 1. The Morgan fingerprint density at radius 1 is 1.04 bits per heavy atom. The third-order valence-electron chi connectivity index (χ3n) is 7.44. The van der Waals surface area contributed by atoms with Gasteiger partial charge in [0, 0.05) is 57.4 Å². The van der Waals surface area contributed by atoms with Crippen molar-refractivity contribution < 1.29 is 4.79 Å². The van der Waals surface area contributed by atoms with Crippen LogP contribution < -0.4 is 4.90 Å². The maximum Gasteiger partial charge on any atom is 0.226 e. The van der Waals surface area contributed by atoms with Gasteiger partial charge in [-0.3, -0.25) is 9.69 Å². The average molecular weight is 354 g/mol. The van der Waals surface area contributed by atoms with Crippen molar-refractivity contribution in [2.24, 2.45) is 11.3 Å². The minimum absolute atomic E-state index is 0.295. The summed E-state index contributed by atoms with van der Waals surface area (Å²) in [5.74, 6) is 1.83. The normalized spacial score (nSPS) is 28.8. The molecule has 2 saturated heterocycles. The number of pyridine rings is 1. The van der Waals surface area contributed by atoms with Gasteiger partial charge in [0.2, 0.25) is 5.91 Å². The molecule has 1 spiro atoms. The van der Waals surface area contributed by atoms with Gasteiger partial charge in [-0.1, -0.05) is 12.5 Å². The minimum Gasteiger partial charge on any atom is -0.357 e. The van der Waals surface area contributed by atoms with Gasteiger partial charge in [-0.2, -0.15) is 0 Å². The zero-order chi connectivity index (χ0) is 17.6. The molecule has 4 fully saturated rings. The van der Waals surface area contributed by atoms with E-state index in [0.29, 0.717) is 17.2 Å². The van der Waals surface area contributed by atoms with Crippen LogP contribution in [0.5, 0.6) is 0 Å². The fraction of sp³-hybridized carbons (Fsp3) is 0.714. The summed E-state index contributed by atoms with van der Waals surface area (Å²) >= 11 is 0. The highest BCUT2D eigenvalue weighted by Gasteiger charge is 2.59. The van der Waals surface area contributed by atoms with Crippen LogP contribution in [0.2, 0.25) is 0 Å². The van der Waals surface area contributed by atoms with Crippen LogP contribution in [-0.4, -0.2) is 66.0 Å². The number of piperazine rings is 1. The Morgan fingerprint density at radius 3 is 2.42 bits per heavy atom. The van der Waals surface area contributed by atoms with Gasteiger partial charge in [-0.05, 0) is 49.7 Å². The first-order valence-corrected chi connectivity index (χ1v) is 10.4. The Balaban J connectivity index is 1.13. The van der Waals surface area contributed by atoms with Crippen LogP contribution in [0.4, 0.5) is 5.82 Å². The van der Waals surface area contributed by atoms with Gasteiger partial charge in [0.25, 0.3) is 0 Å². The SMILES string of the molecule is O=C(C1CC12CCN(c1ccccn1)CC2)N1CCN(C2CCC2)CC1. The highest BCUT2D eigenvalue weighted by Crippen LogP contribution is 2.60. The number of nitrogens with zero attached hydrogens (tertiary/aromatic N) is 4. The molecule has 0 N–H and O–H groups in total. The summed E-state index contributed by atoms with van der Waals surface area (Å²) in [4.78, 5) is 24.7. The number of hydrogen-bond acceptors (Lipinski definition) is 4. The highest BCUT2D eigenvalue weighted by atomic mass is 16.2. The molecular formula is C21H30N4O. The van der Waals surface area contributed by atoms with E-state index in [1.165, 1.54) is 19.3 Å². The maximum absolute atomic E-state index is 13.0. The molecule has 2 aliphatic heterocycles. The molecule has 0 aromatic carbocycles. The van der Waals surface area contributed by atoms with E-state index < -0.39 is 0 Å².